The van der Waals surface area contributed by atoms with Crippen LogP contribution in [-0.2, 0) is 0 Å². The summed E-state index contributed by atoms with van der Waals surface area (Å²) >= 11 is 0. The Bertz CT molecular complexity index is 256. The van der Waals surface area contributed by atoms with Gasteiger partial charge >= 0.3 is 0 Å². The topological polar surface area (TPSA) is 36.1 Å². The van der Waals surface area contributed by atoms with Crippen LogP contribution in [-0.4, -0.2) is 34.5 Å². The molecule has 0 amide bonds. The molecule has 2 unspecified atom stereocenters. The Kier molecular flexibility index (Phi) is 6.33. The Balaban J connectivity index is 1.90. The number of rotatable bonds is 7. The Hall–Kier alpha value is 0.0969. The highest BCUT2D eigenvalue weighted by atomic mass is 28.2. The smallest absolute Gasteiger partial charge is 0.0968 e. The van der Waals surface area contributed by atoms with Crippen molar-refractivity contribution in [3.8, 4) is 0 Å². The third-order valence-electron chi connectivity index (χ3n) is 5.03. The van der Waals surface area contributed by atoms with Crippen molar-refractivity contribution in [2.45, 2.75) is 82.5 Å². The van der Waals surface area contributed by atoms with Crippen LogP contribution in [0.1, 0.15) is 65.2 Å². The van der Waals surface area contributed by atoms with Gasteiger partial charge in [-0.25, -0.2) is 0 Å². The first-order valence-electron chi connectivity index (χ1n) is 8.54. The molecule has 2 fully saturated rings. The second-order valence-corrected chi connectivity index (χ2v) is 8.31. The minimum Gasteiger partial charge on any atom is -0.324 e. The predicted molar refractivity (Wildman–Crippen MR) is 86.2 cm³/mol. The van der Waals surface area contributed by atoms with Crippen LogP contribution in [0.3, 0.4) is 0 Å². The Morgan fingerprint density at radius 1 is 1.00 bits per heavy atom. The van der Waals surface area contributed by atoms with E-state index in [1.165, 1.54) is 51.4 Å². The van der Waals surface area contributed by atoms with Crippen molar-refractivity contribution in [1.29, 1.82) is 0 Å². The summed E-state index contributed by atoms with van der Waals surface area (Å²) in [5.41, 5.74) is 1.26. The van der Waals surface area contributed by atoms with Crippen LogP contribution in [0.5, 0.6) is 0 Å². The van der Waals surface area contributed by atoms with Gasteiger partial charge in [0.15, 0.2) is 0 Å². The molecule has 0 aromatic heterocycles. The van der Waals surface area contributed by atoms with E-state index >= 15 is 0 Å². The zero-order valence-electron chi connectivity index (χ0n) is 12.9. The molecule has 2 aliphatic rings. The van der Waals surface area contributed by atoms with Crippen molar-refractivity contribution in [1.82, 2.24) is 15.6 Å². The second kappa shape index (κ2) is 7.77. The lowest BCUT2D eigenvalue weighted by atomic mass is 10.0. The van der Waals surface area contributed by atoms with Gasteiger partial charge in [0.05, 0.1) is 15.3 Å². The largest absolute Gasteiger partial charge is 0.324 e. The molecule has 112 valence electrons. The van der Waals surface area contributed by atoms with E-state index in [1.807, 2.05) is 0 Å². The average molecular weight is 284 g/mol. The van der Waals surface area contributed by atoms with Crippen LogP contribution in [0.25, 0.3) is 0 Å². The lowest BCUT2D eigenvalue weighted by molar-refractivity contribution is 0.251. The molecule has 0 saturated heterocycles. The first-order chi connectivity index (χ1) is 9.30. The van der Waals surface area contributed by atoms with Crippen molar-refractivity contribution < 1.29 is 0 Å². The molecule has 0 bridgehead atoms. The van der Waals surface area contributed by atoms with E-state index in [-0.39, 0.29) is 15.3 Å². The molecule has 3 nitrogen and oxygen atoms in total. The summed E-state index contributed by atoms with van der Waals surface area (Å²) in [4.78, 5) is 4.07. The van der Waals surface area contributed by atoms with Gasteiger partial charge in [-0.1, -0.05) is 46.0 Å². The van der Waals surface area contributed by atoms with Crippen molar-refractivity contribution in [3.05, 3.63) is 0 Å². The summed E-state index contributed by atoms with van der Waals surface area (Å²) < 4.78 is 0. The number of nitrogens with one attached hydrogen (secondary N) is 3. The van der Waals surface area contributed by atoms with Crippen molar-refractivity contribution in [2.24, 2.45) is 0 Å². The van der Waals surface area contributed by atoms with E-state index in [0.29, 0.717) is 6.04 Å². The van der Waals surface area contributed by atoms with E-state index in [2.05, 4.69) is 29.5 Å². The summed E-state index contributed by atoms with van der Waals surface area (Å²) in [5, 5.41) is 7.50. The maximum atomic E-state index is 4.07. The lowest BCUT2D eigenvalue weighted by Crippen LogP contribution is -2.66. The Labute approximate surface area is 121 Å². The molecule has 2 atom stereocenters. The first-order valence-corrected chi connectivity index (χ1v) is 10.1. The molecule has 0 spiro atoms. The SMILES string of the molecule is CCNC1CCCC1(NCC)N[SiH2]C1CCCCC1. The molecular weight excluding hydrogens is 250 g/mol. The van der Waals surface area contributed by atoms with Gasteiger partial charge in [-0.15, -0.1) is 0 Å². The molecule has 0 heterocycles. The maximum Gasteiger partial charge on any atom is 0.0968 e. The molecule has 2 aliphatic carbocycles. The van der Waals surface area contributed by atoms with E-state index in [9.17, 15) is 0 Å². The monoisotopic (exact) mass is 283 g/mol. The fourth-order valence-electron chi connectivity index (χ4n) is 4.05. The lowest BCUT2D eigenvalue weighted by Gasteiger charge is -2.39. The van der Waals surface area contributed by atoms with Gasteiger partial charge in [-0.3, -0.25) is 5.32 Å². The fourth-order valence-corrected chi connectivity index (χ4v) is 6.23. The van der Waals surface area contributed by atoms with Crippen LogP contribution in [0.4, 0.5) is 0 Å². The minimum absolute atomic E-state index is 0.142. The minimum atomic E-state index is -0.142. The normalized spacial score (nSPS) is 33.5. The van der Waals surface area contributed by atoms with E-state index in [1.54, 1.807) is 0 Å². The van der Waals surface area contributed by atoms with Gasteiger partial charge in [0.2, 0.25) is 0 Å². The van der Waals surface area contributed by atoms with Crippen molar-refractivity contribution in [3.63, 3.8) is 0 Å². The molecule has 0 aromatic carbocycles. The molecule has 2 saturated carbocycles. The summed E-state index contributed by atoms with van der Waals surface area (Å²) in [5.74, 6) is 0. The molecular formula is C15H33N3Si. The molecule has 2 rings (SSSR count). The highest BCUT2D eigenvalue weighted by molar-refractivity contribution is 6.34. The third kappa shape index (κ3) is 4.03. The second-order valence-electron chi connectivity index (χ2n) is 6.39. The number of hydrogen-bond donors (Lipinski definition) is 3. The fraction of sp³-hybridized carbons (Fsp3) is 1.00. The highest BCUT2D eigenvalue weighted by Crippen LogP contribution is 2.31. The predicted octanol–water partition coefficient (Wildman–Crippen LogP) is 1.88. The zero-order chi connectivity index (χ0) is 13.6. The van der Waals surface area contributed by atoms with Gasteiger partial charge in [-0.2, -0.15) is 0 Å². The Morgan fingerprint density at radius 3 is 2.47 bits per heavy atom. The molecule has 0 radical (unpaired) electrons. The highest BCUT2D eigenvalue weighted by Gasteiger charge is 2.41. The van der Waals surface area contributed by atoms with Crippen LogP contribution in [0.15, 0.2) is 0 Å². The summed E-state index contributed by atoms with van der Waals surface area (Å²) in [6, 6.07) is 0.633. The summed E-state index contributed by atoms with van der Waals surface area (Å²) in [6.45, 7) is 6.64. The first kappa shape index (κ1) is 15.5. The van der Waals surface area contributed by atoms with Gasteiger partial charge < -0.3 is 10.3 Å². The van der Waals surface area contributed by atoms with Crippen LogP contribution < -0.4 is 15.6 Å². The van der Waals surface area contributed by atoms with Gasteiger partial charge in [0, 0.05) is 6.04 Å². The van der Waals surface area contributed by atoms with Crippen LogP contribution >= 0.6 is 0 Å². The van der Waals surface area contributed by atoms with E-state index in [4.69, 9.17) is 0 Å². The Morgan fingerprint density at radius 2 is 1.79 bits per heavy atom. The quantitative estimate of drug-likeness (QED) is 0.493. The summed E-state index contributed by atoms with van der Waals surface area (Å²) in [6.07, 6.45) is 11.4. The molecule has 3 N–H and O–H groups in total. The van der Waals surface area contributed by atoms with Crippen molar-refractivity contribution >= 4 is 9.68 Å². The molecule has 0 aromatic rings. The van der Waals surface area contributed by atoms with E-state index < -0.39 is 0 Å². The maximum absolute atomic E-state index is 4.07. The van der Waals surface area contributed by atoms with Gasteiger partial charge in [0.25, 0.3) is 0 Å². The number of hydrogen-bond acceptors (Lipinski definition) is 3. The molecule has 0 aliphatic heterocycles. The van der Waals surface area contributed by atoms with Gasteiger partial charge in [0.1, 0.15) is 0 Å². The third-order valence-corrected chi connectivity index (χ3v) is 7.26. The van der Waals surface area contributed by atoms with Crippen LogP contribution in [0.2, 0.25) is 5.54 Å². The number of likely N-dealkylation sites (N-methyl/N-ethyl adjacent to an activating group) is 2. The standard InChI is InChI=1S/C15H33N3Si/c1-3-16-14-11-8-12-15(14,17-4-2)18-19-13-9-6-5-7-10-13/h13-14,16-18H,3-12,19H2,1-2H3. The zero-order valence-corrected chi connectivity index (χ0v) is 14.3. The van der Waals surface area contributed by atoms with Gasteiger partial charge in [-0.05, 0) is 37.9 Å². The molecule has 19 heavy (non-hydrogen) atoms. The van der Waals surface area contributed by atoms with Crippen molar-refractivity contribution in [2.75, 3.05) is 13.1 Å². The molecule has 4 heteroatoms. The van der Waals surface area contributed by atoms with Crippen LogP contribution in [0, 0.1) is 0 Å². The average Bonchev–Trinajstić information content (AvgIpc) is 2.82. The van der Waals surface area contributed by atoms with E-state index in [0.717, 1.165) is 18.6 Å². The summed E-state index contributed by atoms with van der Waals surface area (Å²) in [7, 11) is -0.142.